The van der Waals surface area contributed by atoms with Crippen molar-refractivity contribution in [1.29, 1.82) is 5.26 Å². The van der Waals surface area contributed by atoms with Gasteiger partial charge in [0.05, 0.1) is 29.9 Å². The SMILES string of the molecule is CCn1c(-c2ccc(N3CCOC3=O)cc2)c(C#N)c2ccc(OCCCN3CCCC3)cc21. The maximum atomic E-state index is 11.9. The van der Waals surface area contributed by atoms with E-state index >= 15 is 0 Å². The topological polar surface area (TPSA) is 70.7 Å². The summed E-state index contributed by atoms with van der Waals surface area (Å²) in [5.41, 5.74) is 4.29. The largest absolute Gasteiger partial charge is 0.493 e. The lowest BCUT2D eigenvalue weighted by Gasteiger charge is -2.15. The van der Waals surface area contributed by atoms with Crippen LogP contribution in [0.1, 0.15) is 31.7 Å². The van der Waals surface area contributed by atoms with Crippen LogP contribution in [-0.2, 0) is 11.3 Å². The average molecular weight is 459 g/mol. The molecule has 2 aliphatic heterocycles. The Morgan fingerprint density at radius 2 is 1.88 bits per heavy atom. The molecule has 0 spiro atoms. The maximum Gasteiger partial charge on any atom is 0.414 e. The van der Waals surface area contributed by atoms with Crippen LogP contribution in [0.5, 0.6) is 5.75 Å². The lowest BCUT2D eigenvalue weighted by atomic mass is 10.1. The molecule has 0 aliphatic carbocycles. The summed E-state index contributed by atoms with van der Waals surface area (Å²) in [4.78, 5) is 16.0. The molecule has 0 radical (unpaired) electrons. The zero-order valence-corrected chi connectivity index (χ0v) is 19.6. The molecule has 5 rings (SSSR count). The monoisotopic (exact) mass is 458 g/mol. The van der Waals surface area contributed by atoms with Gasteiger partial charge in [-0.1, -0.05) is 12.1 Å². The number of nitriles is 1. The molecule has 7 nitrogen and oxygen atoms in total. The van der Waals surface area contributed by atoms with E-state index in [4.69, 9.17) is 9.47 Å². The molecular weight excluding hydrogens is 428 g/mol. The zero-order valence-electron chi connectivity index (χ0n) is 19.6. The van der Waals surface area contributed by atoms with Gasteiger partial charge in [-0.15, -0.1) is 0 Å². The smallest absolute Gasteiger partial charge is 0.414 e. The van der Waals surface area contributed by atoms with E-state index in [1.807, 2.05) is 42.5 Å². The second-order valence-electron chi connectivity index (χ2n) is 8.82. The minimum atomic E-state index is -0.318. The van der Waals surface area contributed by atoms with Crippen molar-refractivity contribution in [3.63, 3.8) is 0 Å². The summed E-state index contributed by atoms with van der Waals surface area (Å²) >= 11 is 0. The number of cyclic esters (lactones) is 1. The Kier molecular flexibility index (Phi) is 6.41. The summed E-state index contributed by atoms with van der Waals surface area (Å²) in [6.45, 7) is 7.96. The molecule has 0 bridgehead atoms. The van der Waals surface area contributed by atoms with Crippen molar-refractivity contribution >= 4 is 22.7 Å². The van der Waals surface area contributed by atoms with Crippen LogP contribution >= 0.6 is 0 Å². The van der Waals surface area contributed by atoms with Gasteiger partial charge in [-0.05, 0) is 69.1 Å². The fourth-order valence-corrected chi connectivity index (χ4v) is 5.07. The number of amides is 1. The number of likely N-dealkylation sites (tertiary alicyclic amines) is 1. The molecule has 3 heterocycles. The number of carbonyl (C=O) groups is 1. The third-order valence-corrected chi connectivity index (χ3v) is 6.76. The lowest BCUT2D eigenvalue weighted by molar-refractivity contribution is 0.181. The number of carbonyl (C=O) groups excluding carboxylic acids is 1. The number of anilines is 1. The number of nitrogens with zero attached hydrogens (tertiary/aromatic N) is 4. The highest BCUT2D eigenvalue weighted by atomic mass is 16.6. The summed E-state index contributed by atoms with van der Waals surface area (Å²) in [5, 5.41) is 11.0. The molecule has 34 heavy (non-hydrogen) atoms. The molecule has 2 aliphatic rings. The fraction of sp³-hybridized carbons (Fsp3) is 0.407. The van der Waals surface area contributed by atoms with Crippen LogP contribution in [0.25, 0.3) is 22.2 Å². The molecule has 1 amide bonds. The molecule has 0 unspecified atom stereocenters. The number of benzene rings is 2. The number of ether oxygens (including phenoxy) is 2. The van der Waals surface area contributed by atoms with Crippen LogP contribution in [0.2, 0.25) is 0 Å². The Morgan fingerprint density at radius 1 is 1.09 bits per heavy atom. The maximum absolute atomic E-state index is 11.9. The van der Waals surface area contributed by atoms with Gasteiger partial charge in [0.15, 0.2) is 0 Å². The first-order chi connectivity index (χ1) is 16.7. The highest BCUT2D eigenvalue weighted by Gasteiger charge is 2.24. The van der Waals surface area contributed by atoms with Crippen LogP contribution in [-0.4, -0.2) is 55.0 Å². The van der Waals surface area contributed by atoms with E-state index in [2.05, 4.69) is 22.5 Å². The zero-order chi connectivity index (χ0) is 23.5. The van der Waals surface area contributed by atoms with Crippen molar-refractivity contribution in [3.05, 3.63) is 48.0 Å². The summed E-state index contributed by atoms with van der Waals surface area (Å²) in [6, 6.07) is 16.2. The average Bonchev–Trinajstić information content (AvgIpc) is 3.60. The highest BCUT2D eigenvalue weighted by Crippen LogP contribution is 2.36. The summed E-state index contributed by atoms with van der Waals surface area (Å²) in [6.07, 6.45) is 3.31. The summed E-state index contributed by atoms with van der Waals surface area (Å²) in [5.74, 6) is 0.833. The number of rotatable bonds is 8. The third-order valence-electron chi connectivity index (χ3n) is 6.76. The highest BCUT2D eigenvalue weighted by molar-refractivity contribution is 5.96. The van der Waals surface area contributed by atoms with Gasteiger partial charge < -0.3 is 18.9 Å². The van der Waals surface area contributed by atoms with Crippen LogP contribution in [0.15, 0.2) is 42.5 Å². The van der Waals surface area contributed by atoms with Gasteiger partial charge in [0.2, 0.25) is 0 Å². The van der Waals surface area contributed by atoms with Gasteiger partial charge in [0.1, 0.15) is 18.4 Å². The summed E-state index contributed by atoms with van der Waals surface area (Å²) < 4.78 is 13.3. The fourth-order valence-electron chi connectivity index (χ4n) is 5.07. The lowest BCUT2D eigenvalue weighted by Crippen LogP contribution is -2.23. The number of fused-ring (bicyclic) bond motifs is 1. The van der Waals surface area contributed by atoms with Gasteiger partial charge in [-0.25, -0.2) is 4.79 Å². The Morgan fingerprint density at radius 3 is 2.56 bits per heavy atom. The predicted molar refractivity (Wildman–Crippen MR) is 132 cm³/mol. The van der Waals surface area contributed by atoms with E-state index in [1.54, 1.807) is 4.90 Å². The Labute approximate surface area is 200 Å². The molecule has 0 atom stereocenters. The number of hydrogen-bond donors (Lipinski definition) is 0. The molecule has 176 valence electrons. The molecule has 0 N–H and O–H groups in total. The van der Waals surface area contributed by atoms with Crippen LogP contribution < -0.4 is 9.64 Å². The second kappa shape index (κ2) is 9.78. The Balaban J connectivity index is 1.40. The van der Waals surface area contributed by atoms with Crippen molar-refractivity contribution in [2.45, 2.75) is 32.7 Å². The van der Waals surface area contributed by atoms with E-state index in [0.29, 0.717) is 25.3 Å². The van der Waals surface area contributed by atoms with E-state index < -0.39 is 0 Å². The molecule has 3 aromatic rings. The minimum Gasteiger partial charge on any atom is -0.493 e. The second-order valence-corrected chi connectivity index (χ2v) is 8.82. The van der Waals surface area contributed by atoms with E-state index in [0.717, 1.165) is 53.1 Å². The van der Waals surface area contributed by atoms with Crippen molar-refractivity contribution in [2.24, 2.45) is 0 Å². The van der Waals surface area contributed by atoms with Gasteiger partial charge in [-0.2, -0.15) is 5.26 Å². The third kappa shape index (κ3) is 4.22. The quantitative estimate of drug-likeness (QED) is 0.443. The Bertz CT molecular complexity index is 1220. The van der Waals surface area contributed by atoms with Gasteiger partial charge in [-0.3, -0.25) is 4.90 Å². The molecule has 2 saturated heterocycles. The van der Waals surface area contributed by atoms with E-state index in [-0.39, 0.29) is 6.09 Å². The number of aryl methyl sites for hydroxylation is 1. The standard InChI is InChI=1S/C27H30N4O3/c1-2-30-25-18-22(33-16-5-14-29-12-3-4-13-29)10-11-23(25)24(19-28)26(30)20-6-8-21(9-7-20)31-15-17-34-27(31)32/h6-11,18H,2-5,12-17H2,1H3. The van der Waals surface area contributed by atoms with E-state index in [9.17, 15) is 10.1 Å². The molecule has 1 aromatic heterocycles. The van der Waals surface area contributed by atoms with Gasteiger partial charge in [0, 0.05) is 30.2 Å². The molecule has 7 heteroatoms. The summed E-state index contributed by atoms with van der Waals surface area (Å²) in [7, 11) is 0. The molecule has 0 saturated carbocycles. The molecule has 2 aromatic carbocycles. The van der Waals surface area contributed by atoms with Crippen LogP contribution in [0.4, 0.5) is 10.5 Å². The first-order valence-corrected chi connectivity index (χ1v) is 12.2. The van der Waals surface area contributed by atoms with Crippen molar-refractivity contribution in [1.82, 2.24) is 9.47 Å². The van der Waals surface area contributed by atoms with Crippen molar-refractivity contribution < 1.29 is 14.3 Å². The van der Waals surface area contributed by atoms with Crippen LogP contribution in [0.3, 0.4) is 0 Å². The van der Waals surface area contributed by atoms with Gasteiger partial charge >= 0.3 is 6.09 Å². The minimum absolute atomic E-state index is 0.318. The number of aromatic nitrogens is 1. The first kappa shape index (κ1) is 22.3. The Hall–Kier alpha value is -3.50. The normalized spacial score (nSPS) is 16.2. The van der Waals surface area contributed by atoms with E-state index in [1.165, 1.54) is 25.9 Å². The van der Waals surface area contributed by atoms with Gasteiger partial charge in [0.25, 0.3) is 0 Å². The van der Waals surface area contributed by atoms with Crippen molar-refractivity contribution in [3.8, 4) is 23.1 Å². The molecular formula is C27H30N4O3. The molecule has 2 fully saturated rings. The predicted octanol–water partition coefficient (Wildman–Crippen LogP) is 5.02. The number of hydrogen-bond acceptors (Lipinski definition) is 5. The van der Waals surface area contributed by atoms with Crippen molar-refractivity contribution in [2.75, 3.05) is 44.3 Å². The van der Waals surface area contributed by atoms with Crippen LogP contribution in [0, 0.1) is 11.3 Å². The first-order valence-electron chi connectivity index (χ1n) is 12.2.